The Morgan fingerprint density at radius 2 is 2.17 bits per heavy atom. The van der Waals surface area contributed by atoms with Crippen LogP contribution in [0.1, 0.15) is 26.2 Å². The van der Waals surface area contributed by atoms with Gasteiger partial charge in [0.15, 0.2) is 0 Å². The van der Waals surface area contributed by atoms with E-state index in [1.54, 1.807) is 0 Å². The van der Waals surface area contributed by atoms with E-state index < -0.39 is 5.97 Å². The molecule has 0 amide bonds. The van der Waals surface area contributed by atoms with Gasteiger partial charge in [0.05, 0.1) is 19.6 Å². The summed E-state index contributed by atoms with van der Waals surface area (Å²) in [5.41, 5.74) is 0. The Kier molecular flexibility index (Phi) is 7.70. The monoisotopic (exact) mass is 172 g/mol. The van der Waals surface area contributed by atoms with Gasteiger partial charge in [0.2, 0.25) is 0 Å². The van der Waals surface area contributed by atoms with Crippen molar-refractivity contribution in [1.29, 1.82) is 0 Å². The summed E-state index contributed by atoms with van der Waals surface area (Å²) in [5.74, 6) is -0.806. The number of carboxylic acids is 1. The van der Waals surface area contributed by atoms with Gasteiger partial charge in [0.1, 0.15) is 0 Å². The Morgan fingerprint density at radius 1 is 1.42 bits per heavy atom. The third-order valence-corrected chi connectivity index (χ3v) is 1.29. The van der Waals surface area contributed by atoms with Crippen LogP contribution in [0.3, 0.4) is 0 Å². The smallest absolute Gasteiger partial charge is 0.305 e. The molecule has 0 bridgehead atoms. The highest BCUT2D eigenvalue weighted by atomic mass is 16.5. The Balaban J connectivity index is 3.00. The fourth-order valence-electron chi connectivity index (χ4n) is 0.697. The number of ether oxygens (including phenoxy) is 1. The highest BCUT2D eigenvalue weighted by molar-refractivity contribution is 5.66. The van der Waals surface area contributed by atoms with Crippen LogP contribution in [0.2, 0.25) is 0 Å². The normalized spacial score (nSPS) is 10.8. The molecular formula is C9H16O3. The fraction of sp³-hybridized carbons (Fsp3) is 0.667. The molecule has 0 aromatic carbocycles. The van der Waals surface area contributed by atoms with Gasteiger partial charge in [-0.3, -0.25) is 4.79 Å². The second kappa shape index (κ2) is 8.27. The van der Waals surface area contributed by atoms with Gasteiger partial charge in [-0.25, -0.2) is 0 Å². The van der Waals surface area contributed by atoms with Crippen molar-refractivity contribution < 1.29 is 14.6 Å². The van der Waals surface area contributed by atoms with Gasteiger partial charge in [0, 0.05) is 0 Å². The number of aliphatic carboxylic acids is 1. The highest BCUT2D eigenvalue weighted by Crippen LogP contribution is 1.89. The van der Waals surface area contributed by atoms with Gasteiger partial charge < -0.3 is 9.84 Å². The summed E-state index contributed by atoms with van der Waals surface area (Å²) in [6.45, 7) is 3.00. The number of rotatable bonds is 7. The van der Waals surface area contributed by atoms with Crippen molar-refractivity contribution in [1.82, 2.24) is 0 Å². The lowest BCUT2D eigenvalue weighted by molar-refractivity contribution is -0.138. The summed E-state index contributed by atoms with van der Waals surface area (Å²) in [6, 6.07) is 0. The number of hydrogen-bond acceptors (Lipinski definition) is 2. The van der Waals surface area contributed by atoms with E-state index in [0.29, 0.717) is 13.2 Å². The van der Waals surface area contributed by atoms with Gasteiger partial charge in [0.25, 0.3) is 0 Å². The van der Waals surface area contributed by atoms with E-state index in [1.165, 1.54) is 0 Å². The zero-order valence-corrected chi connectivity index (χ0v) is 7.45. The van der Waals surface area contributed by atoms with Crippen LogP contribution >= 0.6 is 0 Å². The third-order valence-electron chi connectivity index (χ3n) is 1.29. The molecule has 0 aromatic rings. The topological polar surface area (TPSA) is 46.5 Å². The van der Waals surface area contributed by atoms with Crippen molar-refractivity contribution in [2.45, 2.75) is 26.2 Å². The molecule has 3 nitrogen and oxygen atoms in total. The van der Waals surface area contributed by atoms with E-state index in [9.17, 15) is 4.79 Å². The first kappa shape index (κ1) is 11.2. The van der Waals surface area contributed by atoms with E-state index in [0.717, 1.165) is 12.8 Å². The van der Waals surface area contributed by atoms with Crippen LogP contribution in [0.4, 0.5) is 0 Å². The van der Waals surface area contributed by atoms with Crippen LogP contribution in [0, 0.1) is 0 Å². The standard InChI is InChI=1S/C9H16O3/c1-2-3-4-5-7-12-8-6-9(10)11/h3-4H,2,5-8H2,1H3,(H,10,11). The minimum atomic E-state index is -0.806. The minimum Gasteiger partial charge on any atom is -0.481 e. The number of carboxylic acid groups (broad SMARTS) is 1. The van der Waals surface area contributed by atoms with Crippen molar-refractivity contribution in [3.8, 4) is 0 Å². The molecular weight excluding hydrogens is 156 g/mol. The van der Waals surface area contributed by atoms with E-state index in [1.807, 2.05) is 6.08 Å². The third kappa shape index (κ3) is 9.17. The maximum absolute atomic E-state index is 10.0. The van der Waals surface area contributed by atoms with Crippen LogP contribution in [-0.2, 0) is 9.53 Å². The van der Waals surface area contributed by atoms with Gasteiger partial charge in [-0.1, -0.05) is 19.1 Å². The fourth-order valence-corrected chi connectivity index (χ4v) is 0.697. The Bertz CT molecular complexity index is 141. The zero-order chi connectivity index (χ0) is 9.23. The molecule has 0 aliphatic carbocycles. The highest BCUT2D eigenvalue weighted by Gasteiger charge is 1.94. The summed E-state index contributed by atoms with van der Waals surface area (Å²) in [5, 5.41) is 8.26. The molecule has 0 aliphatic rings. The van der Waals surface area contributed by atoms with Crippen molar-refractivity contribution >= 4 is 5.97 Å². The predicted molar refractivity (Wildman–Crippen MR) is 47.1 cm³/mol. The molecule has 0 rings (SSSR count). The van der Waals surface area contributed by atoms with Crippen molar-refractivity contribution in [2.75, 3.05) is 13.2 Å². The quantitative estimate of drug-likeness (QED) is 0.470. The SMILES string of the molecule is CCC=CCCOCCC(=O)O. The number of allylic oxidation sites excluding steroid dienone is 1. The van der Waals surface area contributed by atoms with Crippen LogP contribution in [0.5, 0.6) is 0 Å². The summed E-state index contributed by atoms with van der Waals surface area (Å²) in [7, 11) is 0. The first-order valence-electron chi connectivity index (χ1n) is 4.22. The average molecular weight is 172 g/mol. The molecule has 0 aliphatic heterocycles. The van der Waals surface area contributed by atoms with Crippen molar-refractivity contribution in [3.05, 3.63) is 12.2 Å². The minimum absolute atomic E-state index is 0.0947. The van der Waals surface area contributed by atoms with Crippen molar-refractivity contribution in [2.24, 2.45) is 0 Å². The molecule has 0 saturated heterocycles. The van der Waals surface area contributed by atoms with Gasteiger partial charge >= 0.3 is 5.97 Å². The molecule has 0 heterocycles. The van der Waals surface area contributed by atoms with Gasteiger partial charge in [-0.15, -0.1) is 0 Å². The second-order valence-corrected chi connectivity index (χ2v) is 2.42. The molecule has 0 fully saturated rings. The Morgan fingerprint density at radius 3 is 2.75 bits per heavy atom. The van der Waals surface area contributed by atoms with E-state index in [2.05, 4.69) is 13.0 Å². The Labute approximate surface area is 73.0 Å². The largest absolute Gasteiger partial charge is 0.481 e. The molecule has 70 valence electrons. The maximum atomic E-state index is 10.0. The van der Waals surface area contributed by atoms with Crippen LogP contribution in [0.25, 0.3) is 0 Å². The molecule has 12 heavy (non-hydrogen) atoms. The van der Waals surface area contributed by atoms with Gasteiger partial charge in [-0.05, 0) is 12.8 Å². The zero-order valence-electron chi connectivity index (χ0n) is 7.45. The van der Waals surface area contributed by atoms with Crippen molar-refractivity contribution in [3.63, 3.8) is 0 Å². The molecule has 0 spiro atoms. The molecule has 3 heteroatoms. The second-order valence-electron chi connectivity index (χ2n) is 2.42. The first-order chi connectivity index (χ1) is 5.77. The Hall–Kier alpha value is -0.830. The van der Waals surface area contributed by atoms with Crippen LogP contribution in [-0.4, -0.2) is 24.3 Å². The summed E-state index contributed by atoms with van der Waals surface area (Å²) in [4.78, 5) is 10.0. The lowest BCUT2D eigenvalue weighted by atomic mass is 10.3. The lowest BCUT2D eigenvalue weighted by Crippen LogP contribution is -2.03. The molecule has 0 aromatic heterocycles. The molecule has 0 radical (unpaired) electrons. The summed E-state index contributed by atoms with van der Waals surface area (Å²) in [6.07, 6.45) is 6.11. The number of carbonyl (C=O) groups is 1. The summed E-state index contributed by atoms with van der Waals surface area (Å²) < 4.78 is 5.06. The first-order valence-corrected chi connectivity index (χ1v) is 4.22. The van der Waals surface area contributed by atoms with E-state index >= 15 is 0 Å². The van der Waals surface area contributed by atoms with Crippen LogP contribution in [0.15, 0.2) is 12.2 Å². The molecule has 0 unspecified atom stereocenters. The average Bonchev–Trinajstić information content (AvgIpc) is 2.02. The molecule has 0 saturated carbocycles. The predicted octanol–water partition coefficient (Wildman–Crippen LogP) is 1.83. The number of hydrogen-bond donors (Lipinski definition) is 1. The van der Waals surface area contributed by atoms with E-state index in [4.69, 9.17) is 9.84 Å². The lowest BCUT2D eigenvalue weighted by Gasteiger charge is -1.98. The molecule has 0 atom stereocenters. The van der Waals surface area contributed by atoms with Gasteiger partial charge in [-0.2, -0.15) is 0 Å². The summed E-state index contributed by atoms with van der Waals surface area (Å²) >= 11 is 0. The van der Waals surface area contributed by atoms with Crippen LogP contribution < -0.4 is 0 Å². The maximum Gasteiger partial charge on any atom is 0.305 e. The van der Waals surface area contributed by atoms with E-state index in [-0.39, 0.29) is 6.42 Å². The molecule has 1 N–H and O–H groups in total.